The molecule has 0 saturated heterocycles. The van der Waals surface area contributed by atoms with Gasteiger partial charge in [-0.2, -0.15) is 0 Å². The summed E-state index contributed by atoms with van der Waals surface area (Å²) in [7, 11) is 0. The van der Waals surface area contributed by atoms with Crippen molar-refractivity contribution in [1.29, 1.82) is 0 Å². The summed E-state index contributed by atoms with van der Waals surface area (Å²) in [5.41, 5.74) is 2.17. The van der Waals surface area contributed by atoms with Gasteiger partial charge in [0.25, 0.3) is 0 Å². The van der Waals surface area contributed by atoms with Gasteiger partial charge in [-0.3, -0.25) is 4.98 Å². The van der Waals surface area contributed by atoms with E-state index in [1.807, 2.05) is 12.4 Å². The summed E-state index contributed by atoms with van der Waals surface area (Å²) in [6.45, 7) is 8.47. The second-order valence-corrected chi connectivity index (χ2v) is 3.89. The fourth-order valence-corrected chi connectivity index (χ4v) is 1.27. The van der Waals surface area contributed by atoms with E-state index < -0.39 is 0 Å². The highest BCUT2D eigenvalue weighted by Gasteiger charge is 1.99. The summed E-state index contributed by atoms with van der Waals surface area (Å²) in [6, 6.07) is 2.10. The summed E-state index contributed by atoms with van der Waals surface area (Å²) in [5.74, 6) is 0.702. The molecule has 0 bridgehead atoms. The van der Waals surface area contributed by atoms with E-state index in [0.29, 0.717) is 5.92 Å². The highest BCUT2D eigenvalue weighted by Crippen LogP contribution is 2.13. The van der Waals surface area contributed by atoms with Crippen molar-refractivity contribution in [2.24, 2.45) is 5.92 Å². The largest absolute Gasteiger partial charge is 0.384 e. The van der Waals surface area contributed by atoms with Gasteiger partial charge in [-0.05, 0) is 18.9 Å². The van der Waals surface area contributed by atoms with Crippen LogP contribution in [-0.2, 0) is 0 Å². The fourth-order valence-electron chi connectivity index (χ4n) is 1.27. The lowest BCUT2D eigenvalue weighted by molar-refractivity contribution is 0.593. The van der Waals surface area contributed by atoms with Gasteiger partial charge in [0.2, 0.25) is 0 Å². The second kappa shape index (κ2) is 6.27. The maximum atomic E-state index is 4.18. The number of anilines is 2. The third-order valence-corrected chi connectivity index (χ3v) is 2.47. The number of nitrogens with one attached hydrogen (secondary N) is 2. The Labute approximate surface area is 92.3 Å². The van der Waals surface area contributed by atoms with Crippen LogP contribution in [0.15, 0.2) is 18.5 Å². The number of hydrogen-bond donors (Lipinski definition) is 2. The normalized spacial score (nSPS) is 12.2. The zero-order valence-corrected chi connectivity index (χ0v) is 9.88. The third kappa shape index (κ3) is 4.19. The Hall–Kier alpha value is -1.25. The lowest BCUT2D eigenvalue weighted by Crippen LogP contribution is -2.10. The number of rotatable bonds is 6. The molecule has 0 radical (unpaired) electrons. The van der Waals surface area contributed by atoms with E-state index >= 15 is 0 Å². The van der Waals surface area contributed by atoms with E-state index in [0.717, 1.165) is 24.5 Å². The first kappa shape index (κ1) is 11.8. The van der Waals surface area contributed by atoms with Crippen LogP contribution < -0.4 is 10.6 Å². The molecular weight excluding hydrogens is 186 g/mol. The molecule has 3 heteroatoms. The molecule has 1 heterocycles. The maximum Gasteiger partial charge on any atom is 0.0547 e. The first-order valence-electron chi connectivity index (χ1n) is 5.69. The topological polar surface area (TPSA) is 37.0 Å². The smallest absolute Gasteiger partial charge is 0.0547 e. The van der Waals surface area contributed by atoms with Crippen LogP contribution in [0, 0.1) is 5.92 Å². The van der Waals surface area contributed by atoms with Gasteiger partial charge in [0.15, 0.2) is 0 Å². The molecule has 0 aliphatic rings. The van der Waals surface area contributed by atoms with Crippen molar-refractivity contribution in [2.45, 2.75) is 27.2 Å². The SMILES string of the molecule is CCNc1cncc(NCC(C)CC)c1. The molecule has 0 saturated carbocycles. The molecule has 0 amide bonds. The van der Waals surface area contributed by atoms with Crippen molar-refractivity contribution in [3.63, 3.8) is 0 Å². The Kier molecular flexibility index (Phi) is 4.95. The molecule has 0 spiro atoms. The highest BCUT2D eigenvalue weighted by molar-refractivity contribution is 5.53. The Bertz CT molecular complexity index is 286. The van der Waals surface area contributed by atoms with E-state index in [1.165, 1.54) is 6.42 Å². The van der Waals surface area contributed by atoms with E-state index in [4.69, 9.17) is 0 Å². The van der Waals surface area contributed by atoms with Crippen molar-refractivity contribution in [1.82, 2.24) is 4.98 Å². The van der Waals surface area contributed by atoms with E-state index in [1.54, 1.807) is 0 Å². The quantitative estimate of drug-likeness (QED) is 0.753. The van der Waals surface area contributed by atoms with Gasteiger partial charge in [-0.15, -0.1) is 0 Å². The zero-order chi connectivity index (χ0) is 11.1. The van der Waals surface area contributed by atoms with Crippen LogP contribution >= 0.6 is 0 Å². The van der Waals surface area contributed by atoms with Crippen LogP contribution in [0.25, 0.3) is 0 Å². The Morgan fingerprint density at radius 1 is 1.20 bits per heavy atom. The highest BCUT2D eigenvalue weighted by atomic mass is 14.9. The van der Waals surface area contributed by atoms with Gasteiger partial charge in [0.1, 0.15) is 0 Å². The molecule has 1 aromatic heterocycles. The first-order chi connectivity index (χ1) is 7.26. The molecule has 2 N–H and O–H groups in total. The van der Waals surface area contributed by atoms with Crippen molar-refractivity contribution in [3.05, 3.63) is 18.5 Å². The summed E-state index contributed by atoms with van der Waals surface area (Å²) in [6.07, 6.45) is 4.91. The maximum absolute atomic E-state index is 4.18. The zero-order valence-electron chi connectivity index (χ0n) is 9.88. The van der Waals surface area contributed by atoms with Crippen LogP contribution in [0.2, 0.25) is 0 Å². The predicted octanol–water partition coefficient (Wildman–Crippen LogP) is 2.97. The van der Waals surface area contributed by atoms with Crippen LogP contribution in [0.5, 0.6) is 0 Å². The van der Waals surface area contributed by atoms with Crippen LogP contribution in [-0.4, -0.2) is 18.1 Å². The molecule has 1 atom stereocenters. The standard InChI is InChI=1S/C12H21N3/c1-4-10(3)7-15-12-6-11(14-5-2)8-13-9-12/h6,8-10,14-15H,4-5,7H2,1-3H3. The fraction of sp³-hybridized carbons (Fsp3) is 0.583. The number of aromatic nitrogens is 1. The van der Waals surface area contributed by atoms with E-state index in [-0.39, 0.29) is 0 Å². The van der Waals surface area contributed by atoms with Crippen molar-refractivity contribution in [2.75, 3.05) is 23.7 Å². The van der Waals surface area contributed by atoms with Crippen molar-refractivity contribution in [3.8, 4) is 0 Å². The summed E-state index contributed by atoms with van der Waals surface area (Å²) in [4.78, 5) is 4.18. The van der Waals surface area contributed by atoms with Crippen LogP contribution in [0.4, 0.5) is 11.4 Å². The molecule has 84 valence electrons. The minimum absolute atomic E-state index is 0.702. The average molecular weight is 207 g/mol. The second-order valence-electron chi connectivity index (χ2n) is 3.89. The van der Waals surface area contributed by atoms with Gasteiger partial charge < -0.3 is 10.6 Å². The van der Waals surface area contributed by atoms with Gasteiger partial charge in [-0.25, -0.2) is 0 Å². The van der Waals surface area contributed by atoms with Gasteiger partial charge >= 0.3 is 0 Å². The van der Waals surface area contributed by atoms with Crippen LogP contribution in [0.1, 0.15) is 27.2 Å². The number of hydrogen-bond acceptors (Lipinski definition) is 3. The molecule has 1 aromatic rings. The molecular formula is C12H21N3. The molecule has 0 aromatic carbocycles. The molecule has 15 heavy (non-hydrogen) atoms. The minimum Gasteiger partial charge on any atom is -0.384 e. The molecule has 0 aliphatic heterocycles. The monoisotopic (exact) mass is 207 g/mol. The van der Waals surface area contributed by atoms with Crippen LogP contribution in [0.3, 0.4) is 0 Å². The molecule has 1 rings (SSSR count). The van der Waals surface area contributed by atoms with Crippen molar-refractivity contribution >= 4 is 11.4 Å². The van der Waals surface area contributed by atoms with Gasteiger partial charge in [0, 0.05) is 13.1 Å². The average Bonchev–Trinajstić information content (AvgIpc) is 2.27. The molecule has 3 nitrogen and oxygen atoms in total. The van der Waals surface area contributed by atoms with E-state index in [2.05, 4.69) is 42.5 Å². The van der Waals surface area contributed by atoms with Gasteiger partial charge in [-0.1, -0.05) is 20.3 Å². The first-order valence-corrected chi connectivity index (χ1v) is 5.69. The Morgan fingerprint density at radius 3 is 2.47 bits per heavy atom. The third-order valence-electron chi connectivity index (χ3n) is 2.47. The Morgan fingerprint density at radius 2 is 1.87 bits per heavy atom. The van der Waals surface area contributed by atoms with Gasteiger partial charge in [0.05, 0.1) is 23.8 Å². The summed E-state index contributed by atoms with van der Waals surface area (Å²) >= 11 is 0. The minimum atomic E-state index is 0.702. The van der Waals surface area contributed by atoms with E-state index in [9.17, 15) is 0 Å². The lowest BCUT2D eigenvalue weighted by Gasteiger charge is -2.12. The lowest BCUT2D eigenvalue weighted by atomic mass is 10.1. The summed E-state index contributed by atoms with van der Waals surface area (Å²) < 4.78 is 0. The molecule has 0 fully saturated rings. The number of nitrogens with zero attached hydrogens (tertiary/aromatic N) is 1. The number of pyridine rings is 1. The Balaban J connectivity index is 2.50. The predicted molar refractivity (Wildman–Crippen MR) is 66.3 cm³/mol. The molecule has 1 unspecified atom stereocenters. The molecule has 0 aliphatic carbocycles. The summed E-state index contributed by atoms with van der Waals surface area (Å²) in [5, 5.41) is 6.64. The van der Waals surface area contributed by atoms with Crippen molar-refractivity contribution < 1.29 is 0 Å².